The van der Waals surface area contributed by atoms with Crippen molar-refractivity contribution in [1.29, 1.82) is 0 Å². The van der Waals surface area contributed by atoms with Gasteiger partial charge in [-0.05, 0) is 37.4 Å². The minimum Gasteiger partial charge on any atom is -0.355 e. The Balaban J connectivity index is 1.49. The first-order valence-electron chi connectivity index (χ1n) is 8.68. The molecule has 4 nitrogen and oxygen atoms in total. The Bertz CT molecular complexity index is 560. The normalized spacial score (nSPS) is 19.0. The number of benzene rings is 1. The molecule has 1 aliphatic heterocycles. The van der Waals surface area contributed by atoms with Crippen LogP contribution in [-0.2, 0) is 0 Å². The Morgan fingerprint density at radius 3 is 2.70 bits per heavy atom. The van der Waals surface area contributed by atoms with Gasteiger partial charge in [0.1, 0.15) is 0 Å². The molecule has 1 heterocycles. The van der Waals surface area contributed by atoms with Crippen molar-refractivity contribution >= 4 is 11.5 Å². The van der Waals surface area contributed by atoms with Gasteiger partial charge in [-0.1, -0.05) is 36.4 Å². The van der Waals surface area contributed by atoms with Crippen molar-refractivity contribution in [1.82, 2.24) is 15.1 Å². The highest BCUT2D eigenvalue weighted by Crippen LogP contribution is 2.24. The van der Waals surface area contributed by atoms with Crippen LogP contribution in [0.25, 0.3) is 5.57 Å². The SMILES string of the molecule is CN=C(NCCN(C)C1CC1)N1CC=C(c2ccccc2)CC1. The topological polar surface area (TPSA) is 30.9 Å². The summed E-state index contributed by atoms with van der Waals surface area (Å²) in [6.07, 6.45) is 6.14. The first kappa shape index (κ1) is 16.1. The maximum Gasteiger partial charge on any atom is 0.193 e. The highest BCUT2D eigenvalue weighted by molar-refractivity contribution is 5.81. The summed E-state index contributed by atoms with van der Waals surface area (Å²) in [4.78, 5) is 9.24. The summed E-state index contributed by atoms with van der Waals surface area (Å²) < 4.78 is 0. The van der Waals surface area contributed by atoms with Crippen molar-refractivity contribution in [3.63, 3.8) is 0 Å². The molecule has 1 aromatic carbocycles. The summed E-state index contributed by atoms with van der Waals surface area (Å²) >= 11 is 0. The Kier molecular flexibility index (Phi) is 5.34. The third-order valence-corrected chi connectivity index (χ3v) is 4.78. The minimum atomic E-state index is 0.824. The fraction of sp³-hybridized carbons (Fsp3) is 0.526. The average Bonchev–Trinajstić information content (AvgIpc) is 3.45. The molecule has 1 aliphatic carbocycles. The fourth-order valence-corrected chi connectivity index (χ4v) is 3.15. The van der Waals surface area contributed by atoms with Crippen LogP contribution in [-0.4, -0.2) is 62.1 Å². The van der Waals surface area contributed by atoms with E-state index in [-0.39, 0.29) is 0 Å². The molecule has 3 rings (SSSR count). The van der Waals surface area contributed by atoms with E-state index in [4.69, 9.17) is 0 Å². The van der Waals surface area contributed by atoms with E-state index < -0.39 is 0 Å². The predicted molar refractivity (Wildman–Crippen MR) is 97.6 cm³/mol. The molecule has 1 saturated carbocycles. The molecule has 2 aliphatic rings. The molecule has 1 N–H and O–H groups in total. The van der Waals surface area contributed by atoms with Crippen molar-refractivity contribution in [2.75, 3.05) is 40.3 Å². The lowest BCUT2D eigenvalue weighted by Gasteiger charge is -2.30. The number of rotatable bonds is 5. The van der Waals surface area contributed by atoms with E-state index in [1.165, 1.54) is 24.0 Å². The summed E-state index contributed by atoms with van der Waals surface area (Å²) in [5.74, 6) is 1.03. The molecule has 0 saturated heterocycles. The maximum absolute atomic E-state index is 4.45. The number of hydrogen-bond donors (Lipinski definition) is 1. The first-order valence-corrected chi connectivity index (χ1v) is 8.68. The average molecular weight is 312 g/mol. The predicted octanol–water partition coefficient (Wildman–Crippen LogP) is 2.45. The van der Waals surface area contributed by atoms with Crippen LogP contribution in [0.1, 0.15) is 24.8 Å². The quantitative estimate of drug-likeness (QED) is 0.669. The lowest BCUT2D eigenvalue weighted by atomic mass is 10.00. The van der Waals surface area contributed by atoms with E-state index in [1.807, 2.05) is 7.05 Å². The Morgan fingerprint density at radius 1 is 1.30 bits per heavy atom. The van der Waals surface area contributed by atoms with Gasteiger partial charge >= 0.3 is 0 Å². The monoisotopic (exact) mass is 312 g/mol. The van der Waals surface area contributed by atoms with Gasteiger partial charge < -0.3 is 15.1 Å². The van der Waals surface area contributed by atoms with Crippen LogP contribution in [0.2, 0.25) is 0 Å². The second-order valence-corrected chi connectivity index (χ2v) is 6.48. The van der Waals surface area contributed by atoms with E-state index in [0.717, 1.165) is 44.6 Å². The van der Waals surface area contributed by atoms with Crippen LogP contribution in [0.4, 0.5) is 0 Å². The van der Waals surface area contributed by atoms with E-state index in [9.17, 15) is 0 Å². The summed E-state index contributed by atoms with van der Waals surface area (Å²) in [5.41, 5.74) is 2.80. The van der Waals surface area contributed by atoms with Crippen LogP contribution in [0.3, 0.4) is 0 Å². The molecule has 1 fully saturated rings. The highest BCUT2D eigenvalue weighted by Gasteiger charge is 2.25. The zero-order valence-corrected chi connectivity index (χ0v) is 14.3. The molecular formula is C19H28N4. The maximum atomic E-state index is 4.45. The third-order valence-electron chi connectivity index (χ3n) is 4.78. The van der Waals surface area contributed by atoms with Crippen molar-refractivity contribution in [3.05, 3.63) is 42.0 Å². The second kappa shape index (κ2) is 7.64. The van der Waals surface area contributed by atoms with Crippen molar-refractivity contribution in [2.24, 2.45) is 4.99 Å². The number of hydrogen-bond acceptors (Lipinski definition) is 2. The molecular weight excluding hydrogens is 284 g/mol. The largest absolute Gasteiger partial charge is 0.355 e. The zero-order valence-electron chi connectivity index (χ0n) is 14.3. The summed E-state index contributed by atoms with van der Waals surface area (Å²) in [5, 5.41) is 3.51. The van der Waals surface area contributed by atoms with Crippen molar-refractivity contribution in [3.8, 4) is 0 Å². The number of aliphatic imine (C=N–C) groups is 1. The Hall–Kier alpha value is -1.81. The molecule has 0 amide bonds. The van der Waals surface area contributed by atoms with Gasteiger partial charge in [0.2, 0.25) is 0 Å². The number of likely N-dealkylation sites (N-methyl/N-ethyl adjacent to an activating group) is 1. The van der Waals surface area contributed by atoms with Crippen LogP contribution < -0.4 is 5.32 Å². The molecule has 0 unspecified atom stereocenters. The standard InChI is InChI=1S/C19H28N4/c1-20-19(21-12-15-22(2)18-8-9-18)23-13-10-17(11-14-23)16-6-4-3-5-7-16/h3-7,10,18H,8-9,11-15H2,1-2H3,(H,20,21). The van der Waals surface area contributed by atoms with Gasteiger partial charge in [-0.2, -0.15) is 0 Å². The number of guanidine groups is 1. The van der Waals surface area contributed by atoms with Gasteiger partial charge in [0.05, 0.1) is 0 Å². The van der Waals surface area contributed by atoms with Crippen molar-refractivity contribution < 1.29 is 0 Å². The highest BCUT2D eigenvalue weighted by atomic mass is 15.3. The van der Waals surface area contributed by atoms with Gasteiger partial charge in [-0.25, -0.2) is 0 Å². The smallest absolute Gasteiger partial charge is 0.193 e. The molecule has 0 atom stereocenters. The van der Waals surface area contributed by atoms with Crippen LogP contribution in [0.5, 0.6) is 0 Å². The van der Waals surface area contributed by atoms with E-state index >= 15 is 0 Å². The fourth-order valence-electron chi connectivity index (χ4n) is 3.15. The van der Waals surface area contributed by atoms with Gasteiger partial charge in [-0.3, -0.25) is 4.99 Å². The lowest BCUT2D eigenvalue weighted by molar-refractivity contribution is 0.325. The molecule has 23 heavy (non-hydrogen) atoms. The summed E-state index contributed by atoms with van der Waals surface area (Å²) in [6.45, 7) is 4.01. The lowest BCUT2D eigenvalue weighted by Crippen LogP contribution is -2.45. The van der Waals surface area contributed by atoms with Gasteiger partial charge in [-0.15, -0.1) is 0 Å². The number of nitrogens with zero attached hydrogens (tertiary/aromatic N) is 3. The molecule has 0 radical (unpaired) electrons. The van der Waals surface area contributed by atoms with Crippen LogP contribution >= 0.6 is 0 Å². The number of nitrogens with one attached hydrogen (secondary N) is 1. The van der Waals surface area contributed by atoms with E-state index in [2.05, 4.69) is 63.6 Å². The minimum absolute atomic E-state index is 0.824. The van der Waals surface area contributed by atoms with Crippen LogP contribution in [0, 0.1) is 0 Å². The molecule has 4 heteroatoms. The summed E-state index contributed by atoms with van der Waals surface area (Å²) in [7, 11) is 4.10. The Labute approximate surface area is 139 Å². The van der Waals surface area contributed by atoms with E-state index in [1.54, 1.807) is 0 Å². The molecule has 0 aromatic heterocycles. The van der Waals surface area contributed by atoms with Crippen LogP contribution in [0.15, 0.2) is 41.4 Å². The van der Waals surface area contributed by atoms with Gasteiger partial charge in [0, 0.05) is 39.3 Å². The summed E-state index contributed by atoms with van der Waals surface area (Å²) in [6, 6.07) is 11.5. The first-order chi connectivity index (χ1) is 11.3. The molecule has 0 spiro atoms. The zero-order chi connectivity index (χ0) is 16.1. The Morgan fingerprint density at radius 2 is 2.09 bits per heavy atom. The molecule has 124 valence electrons. The van der Waals surface area contributed by atoms with Gasteiger partial charge in [0.15, 0.2) is 5.96 Å². The molecule has 0 bridgehead atoms. The third kappa shape index (κ3) is 4.35. The second-order valence-electron chi connectivity index (χ2n) is 6.48. The van der Waals surface area contributed by atoms with Gasteiger partial charge in [0.25, 0.3) is 0 Å². The van der Waals surface area contributed by atoms with Crippen molar-refractivity contribution in [2.45, 2.75) is 25.3 Å². The molecule has 1 aromatic rings. The van der Waals surface area contributed by atoms with E-state index in [0.29, 0.717) is 0 Å².